The molecule has 158 valence electrons. The van der Waals surface area contributed by atoms with Crippen molar-refractivity contribution < 1.29 is 33.3 Å². The monoisotopic (exact) mass is 413 g/mol. The molecule has 1 N–H and O–H groups in total. The summed E-state index contributed by atoms with van der Waals surface area (Å²) in [6.45, 7) is 0.429. The molecule has 1 saturated heterocycles. The number of para-hydroxylation sites is 2. The number of methoxy groups -OCH3 is 1. The number of esters is 1. The maximum Gasteiger partial charge on any atom is 0.342 e. The van der Waals surface area contributed by atoms with Crippen molar-refractivity contribution >= 4 is 17.8 Å². The van der Waals surface area contributed by atoms with E-state index in [1.807, 2.05) is 0 Å². The van der Waals surface area contributed by atoms with Crippen molar-refractivity contribution in [3.63, 3.8) is 0 Å². The second-order valence-corrected chi connectivity index (χ2v) is 6.60. The van der Waals surface area contributed by atoms with Gasteiger partial charge in [0.25, 0.3) is 11.8 Å². The molecule has 3 rings (SSSR count). The van der Waals surface area contributed by atoms with Crippen molar-refractivity contribution in [3.8, 4) is 11.5 Å². The van der Waals surface area contributed by atoms with E-state index in [9.17, 15) is 14.4 Å². The van der Waals surface area contributed by atoms with Gasteiger partial charge in [-0.25, -0.2) is 4.79 Å². The molecule has 2 aromatic rings. The zero-order valence-corrected chi connectivity index (χ0v) is 16.6. The molecule has 1 atom stereocenters. The minimum Gasteiger partial charge on any atom is -0.496 e. The molecule has 0 spiro atoms. The van der Waals surface area contributed by atoms with Crippen LogP contribution in [-0.4, -0.2) is 50.8 Å². The predicted molar refractivity (Wildman–Crippen MR) is 107 cm³/mol. The Hall–Kier alpha value is -3.39. The van der Waals surface area contributed by atoms with Gasteiger partial charge in [-0.3, -0.25) is 14.9 Å². The van der Waals surface area contributed by atoms with Crippen molar-refractivity contribution in [2.45, 2.75) is 18.9 Å². The van der Waals surface area contributed by atoms with Crippen LogP contribution in [0, 0.1) is 0 Å². The fraction of sp³-hybridized carbons (Fsp3) is 0.318. The molecule has 30 heavy (non-hydrogen) atoms. The molecule has 0 saturated carbocycles. The first-order valence-corrected chi connectivity index (χ1v) is 9.56. The Morgan fingerprint density at radius 3 is 2.43 bits per heavy atom. The van der Waals surface area contributed by atoms with Gasteiger partial charge in [0.05, 0.1) is 18.8 Å². The third-order valence-electron chi connectivity index (χ3n) is 4.49. The third kappa shape index (κ3) is 5.57. The summed E-state index contributed by atoms with van der Waals surface area (Å²) in [5, 5.41) is 2.17. The molecule has 1 fully saturated rings. The molecule has 1 heterocycles. The lowest BCUT2D eigenvalue weighted by Crippen LogP contribution is -2.34. The summed E-state index contributed by atoms with van der Waals surface area (Å²) in [4.78, 5) is 36.7. The number of rotatable bonds is 8. The normalized spacial score (nSPS) is 15.3. The quantitative estimate of drug-likeness (QED) is 0.663. The van der Waals surface area contributed by atoms with Gasteiger partial charge in [-0.2, -0.15) is 0 Å². The van der Waals surface area contributed by atoms with Crippen LogP contribution < -0.4 is 14.8 Å². The van der Waals surface area contributed by atoms with Gasteiger partial charge in [0.15, 0.2) is 6.61 Å². The number of amides is 2. The van der Waals surface area contributed by atoms with Crippen LogP contribution in [0.5, 0.6) is 11.5 Å². The average molecular weight is 413 g/mol. The second-order valence-electron chi connectivity index (χ2n) is 6.60. The maximum atomic E-state index is 12.4. The van der Waals surface area contributed by atoms with Gasteiger partial charge in [-0.15, -0.1) is 0 Å². The first-order chi connectivity index (χ1) is 14.6. The van der Waals surface area contributed by atoms with E-state index in [1.54, 1.807) is 42.5 Å². The molecule has 1 aliphatic rings. The number of hydrogen-bond acceptors (Lipinski definition) is 7. The lowest BCUT2D eigenvalue weighted by Gasteiger charge is -2.14. The standard InChI is InChI=1S/C22H23NO7/c1-27-18-10-4-2-8-16(18)21(25)23-20(24)14-30-22(26)17-9-3-5-11-19(17)29-13-15-7-6-12-28-15/h2-5,8-11,15H,6-7,12-14H2,1H3,(H,23,24,25). The molecule has 2 amide bonds. The number of nitrogens with one attached hydrogen (secondary N) is 1. The summed E-state index contributed by atoms with van der Waals surface area (Å²) < 4.78 is 21.4. The molecule has 8 heteroatoms. The Morgan fingerprint density at radius 2 is 1.73 bits per heavy atom. The Kier molecular flexibility index (Phi) is 7.40. The van der Waals surface area contributed by atoms with Crippen molar-refractivity contribution in [3.05, 3.63) is 59.7 Å². The van der Waals surface area contributed by atoms with Gasteiger partial charge in [-0.1, -0.05) is 24.3 Å². The molecule has 0 bridgehead atoms. The summed E-state index contributed by atoms with van der Waals surface area (Å²) in [7, 11) is 1.42. The Morgan fingerprint density at radius 1 is 1.03 bits per heavy atom. The zero-order chi connectivity index (χ0) is 21.3. The van der Waals surface area contributed by atoms with Crippen molar-refractivity contribution in [1.29, 1.82) is 0 Å². The highest BCUT2D eigenvalue weighted by Gasteiger charge is 2.20. The summed E-state index contributed by atoms with van der Waals surface area (Å²) in [6, 6.07) is 13.1. The van der Waals surface area contributed by atoms with E-state index in [2.05, 4.69) is 5.32 Å². The van der Waals surface area contributed by atoms with Crippen LogP contribution >= 0.6 is 0 Å². The van der Waals surface area contributed by atoms with E-state index < -0.39 is 24.4 Å². The first kappa shape index (κ1) is 21.3. The van der Waals surface area contributed by atoms with Gasteiger partial charge in [0, 0.05) is 6.61 Å². The molecule has 8 nitrogen and oxygen atoms in total. The van der Waals surface area contributed by atoms with Crippen LogP contribution in [0.2, 0.25) is 0 Å². The van der Waals surface area contributed by atoms with E-state index in [-0.39, 0.29) is 17.2 Å². The predicted octanol–water partition coefficient (Wildman–Crippen LogP) is 2.37. The Balaban J connectivity index is 1.53. The topological polar surface area (TPSA) is 100 Å². The van der Waals surface area contributed by atoms with Crippen LogP contribution in [0.25, 0.3) is 0 Å². The highest BCUT2D eigenvalue weighted by atomic mass is 16.5. The molecule has 0 radical (unpaired) electrons. The molecular weight excluding hydrogens is 390 g/mol. The fourth-order valence-corrected chi connectivity index (χ4v) is 2.99. The zero-order valence-electron chi connectivity index (χ0n) is 16.6. The Labute approximate surface area is 174 Å². The van der Waals surface area contributed by atoms with E-state index in [1.165, 1.54) is 13.2 Å². The van der Waals surface area contributed by atoms with Gasteiger partial charge in [0.1, 0.15) is 23.7 Å². The average Bonchev–Trinajstić information content (AvgIpc) is 3.30. The minimum absolute atomic E-state index is 0.000782. The molecule has 1 unspecified atom stereocenters. The summed E-state index contributed by atoms with van der Waals surface area (Å²) in [6.07, 6.45) is 1.90. The third-order valence-corrected chi connectivity index (χ3v) is 4.49. The van der Waals surface area contributed by atoms with Crippen molar-refractivity contribution in [1.82, 2.24) is 5.32 Å². The smallest absolute Gasteiger partial charge is 0.342 e. The number of imide groups is 1. The SMILES string of the molecule is COc1ccccc1C(=O)NC(=O)COC(=O)c1ccccc1OCC1CCCO1. The van der Waals surface area contributed by atoms with Crippen molar-refractivity contribution in [2.75, 3.05) is 26.9 Å². The van der Waals surface area contributed by atoms with Crippen LogP contribution in [0.4, 0.5) is 0 Å². The van der Waals surface area contributed by atoms with Crippen LogP contribution in [0.3, 0.4) is 0 Å². The number of hydrogen-bond donors (Lipinski definition) is 1. The molecule has 0 aromatic heterocycles. The number of benzene rings is 2. The molecule has 2 aromatic carbocycles. The van der Waals surface area contributed by atoms with Gasteiger partial charge >= 0.3 is 5.97 Å². The lowest BCUT2D eigenvalue weighted by atomic mass is 10.2. The highest BCUT2D eigenvalue weighted by molar-refractivity contribution is 6.07. The van der Waals surface area contributed by atoms with E-state index in [0.717, 1.165) is 12.8 Å². The molecular formula is C22H23NO7. The highest BCUT2D eigenvalue weighted by Crippen LogP contribution is 2.21. The Bertz CT molecular complexity index is 906. The van der Waals surface area contributed by atoms with Gasteiger partial charge in [0.2, 0.25) is 0 Å². The number of carbonyl (C=O) groups is 3. The fourth-order valence-electron chi connectivity index (χ4n) is 2.99. The number of carbonyl (C=O) groups excluding carboxylic acids is 3. The van der Waals surface area contributed by atoms with Crippen LogP contribution in [0.15, 0.2) is 48.5 Å². The van der Waals surface area contributed by atoms with Crippen LogP contribution in [-0.2, 0) is 14.3 Å². The van der Waals surface area contributed by atoms with Crippen LogP contribution in [0.1, 0.15) is 33.6 Å². The lowest BCUT2D eigenvalue weighted by molar-refractivity contribution is -0.123. The van der Waals surface area contributed by atoms with Crippen molar-refractivity contribution in [2.24, 2.45) is 0 Å². The summed E-state index contributed by atoms with van der Waals surface area (Å²) >= 11 is 0. The second kappa shape index (κ2) is 10.4. The summed E-state index contributed by atoms with van der Waals surface area (Å²) in [5.41, 5.74) is 0.395. The van der Waals surface area contributed by atoms with E-state index in [4.69, 9.17) is 18.9 Å². The van der Waals surface area contributed by atoms with E-state index in [0.29, 0.717) is 24.7 Å². The summed E-state index contributed by atoms with van der Waals surface area (Å²) in [5.74, 6) is -1.44. The largest absolute Gasteiger partial charge is 0.496 e. The van der Waals surface area contributed by atoms with Gasteiger partial charge in [-0.05, 0) is 37.1 Å². The minimum atomic E-state index is -0.753. The van der Waals surface area contributed by atoms with E-state index >= 15 is 0 Å². The maximum absolute atomic E-state index is 12.4. The molecule has 0 aliphatic carbocycles. The first-order valence-electron chi connectivity index (χ1n) is 9.56. The van der Waals surface area contributed by atoms with Gasteiger partial charge < -0.3 is 18.9 Å². The molecule has 1 aliphatic heterocycles. The number of ether oxygens (including phenoxy) is 4.